The summed E-state index contributed by atoms with van der Waals surface area (Å²) in [7, 11) is -0.231. The van der Waals surface area contributed by atoms with Gasteiger partial charge in [0.1, 0.15) is 0 Å². The number of benzene rings is 2. The first-order valence-electron chi connectivity index (χ1n) is 9.24. The summed E-state index contributed by atoms with van der Waals surface area (Å²) in [5, 5.41) is 6.63. The maximum Gasteiger partial charge on any atom is 0.0107 e. The van der Waals surface area contributed by atoms with Crippen molar-refractivity contribution < 1.29 is 0 Å². The summed E-state index contributed by atoms with van der Waals surface area (Å²) in [6.07, 6.45) is 5.28. The molecular formula is C21H29N2P. The summed E-state index contributed by atoms with van der Waals surface area (Å²) in [5.41, 5.74) is 0. The fraction of sp³-hybridized carbons (Fsp3) is 0.429. The summed E-state index contributed by atoms with van der Waals surface area (Å²) < 4.78 is 0. The number of rotatable bonds is 9. The van der Waals surface area contributed by atoms with E-state index in [0.717, 1.165) is 13.1 Å². The van der Waals surface area contributed by atoms with Gasteiger partial charge < -0.3 is 10.2 Å². The molecule has 1 heterocycles. The second kappa shape index (κ2) is 9.93. The van der Waals surface area contributed by atoms with Gasteiger partial charge in [0.05, 0.1) is 0 Å². The van der Waals surface area contributed by atoms with Crippen LogP contribution in [0.25, 0.3) is 0 Å². The molecule has 0 aromatic heterocycles. The fourth-order valence-electron chi connectivity index (χ4n) is 3.35. The first-order valence-corrected chi connectivity index (χ1v) is 10.8. The van der Waals surface area contributed by atoms with E-state index in [9.17, 15) is 0 Å². The van der Waals surface area contributed by atoms with Crippen molar-refractivity contribution in [2.45, 2.75) is 19.3 Å². The fourth-order valence-corrected chi connectivity index (χ4v) is 5.71. The molecule has 0 unspecified atom stereocenters. The second-order valence-corrected chi connectivity index (χ2v) is 8.81. The molecule has 128 valence electrons. The lowest BCUT2D eigenvalue weighted by atomic mass is 10.4. The lowest BCUT2D eigenvalue weighted by Crippen LogP contribution is -2.30. The smallest absolute Gasteiger partial charge is 0.0107 e. The molecule has 2 aromatic carbocycles. The van der Waals surface area contributed by atoms with Gasteiger partial charge in [-0.3, -0.25) is 0 Å². The van der Waals surface area contributed by atoms with Gasteiger partial charge in [0.25, 0.3) is 0 Å². The molecule has 0 bridgehead atoms. The van der Waals surface area contributed by atoms with E-state index in [1.807, 2.05) is 0 Å². The van der Waals surface area contributed by atoms with Gasteiger partial charge in [0.2, 0.25) is 0 Å². The minimum atomic E-state index is -0.231. The predicted molar refractivity (Wildman–Crippen MR) is 107 cm³/mol. The maximum atomic E-state index is 3.64. The van der Waals surface area contributed by atoms with Gasteiger partial charge in [0, 0.05) is 13.1 Å². The van der Waals surface area contributed by atoms with E-state index in [1.165, 1.54) is 55.7 Å². The molecule has 24 heavy (non-hydrogen) atoms. The number of hydrogen-bond acceptors (Lipinski definition) is 2. The van der Waals surface area contributed by atoms with Crippen molar-refractivity contribution in [3.8, 4) is 0 Å². The summed E-state index contributed by atoms with van der Waals surface area (Å²) in [4.78, 5) is 2.58. The minimum Gasteiger partial charge on any atom is -0.315 e. The molecule has 1 aliphatic heterocycles. The normalized spacial score (nSPS) is 15.2. The average Bonchev–Trinajstić information content (AvgIpc) is 3.16. The largest absolute Gasteiger partial charge is 0.315 e. The number of hydrogen-bond donors (Lipinski definition) is 1. The summed E-state index contributed by atoms with van der Waals surface area (Å²) in [6, 6.07) is 22.1. The third kappa shape index (κ3) is 5.41. The van der Waals surface area contributed by atoms with Gasteiger partial charge in [-0.2, -0.15) is 0 Å². The van der Waals surface area contributed by atoms with Crippen LogP contribution in [-0.4, -0.2) is 43.8 Å². The zero-order chi connectivity index (χ0) is 16.5. The van der Waals surface area contributed by atoms with Gasteiger partial charge >= 0.3 is 0 Å². The number of nitrogens with one attached hydrogen (secondary N) is 1. The zero-order valence-electron chi connectivity index (χ0n) is 14.5. The van der Waals surface area contributed by atoms with E-state index >= 15 is 0 Å². The number of nitrogens with zero attached hydrogens (tertiary/aromatic N) is 1. The molecule has 0 radical (unpaired) electrons. The monoisotopic (exact) mass is 340 g/mol. The van der Waals surface area contributed by atoms with Crippen LogP contribution in [0.5, 0.6) is 0 Å². The van der Waals surface area contributed by atoms with Crippen LogP contribution >= 0.6 is 7.92 Å². The molecule has 1 saturated heterocycles. The Morgan fingerprint density at radius 3 is 1.96 bits per heavy atom. The molecular weight excluding hydrogens is 311 g/mol. The second-order valence-electron chi connectivity index (χ2n) is 6.48. The van der Waals surface area contributed by atoms with E-state index in [1.54, 1.807) is 0 Å². The van der Waals surface area contributed by atoms with Crippen LogP contribution in [-0.2, 0) is 0 Å². The quantitative estimate of drug-likeness (QED) is 0.557. The molecule has 0 aliphatic carbocycles. The Labute approximate surface area is 148 Å². The lowest BCUT2D eigenvalue weighted by molar-refractivity contribution is 0.336. The third-order valence-corrected chi connectivity index (χ3v) is 7.28. The summed E-state index contributed by atoms with van der Waals surface area (Å²) >= 11 is 0. The Bertz CT molecular complexity index is 527. The lowest BCUT2D eigenvalue weighted by Gasteiger charge is -2.19. The van der Waals surface area contributed by atoms with Crippen molar-refractivity contribution in [1.29, 1.82) is 0 Å². The van der Waals surface area contributed by atoms with Crippen LogP contribution in [0.1, 0.15) is 19.3 Å². The van der Waals surface area contributed by atoms with E-state index in [0.29, 0.717) is 0 Å². The molecule has 1 aliphatic rings. The van der Waals surface area contributed by atoms with Crippen molar-refractivity contribution in [2.75, 3.05) is 38.9 Å². The van der Waals surface area contributed by atoms with Crippen LogP contribution < -0.4 is 15.9 Å². The van der Waals surface area contributed by atoms with Crippen LogP contribution in [0, 0.1) is 0 Å². The van der Waals surface area contributed by atoms with Crippen LogP contribution in [0.15, 0.2) is 60.7 Å². The summed E-state index contributed by atoms with van der Waals surface area (Å²) in [6.45, 7) is 6.08. The van der Waals surface area contributed by atoms with Gasteiger partial charge in [-0.25, -0.2) is 0 Å². The zero-order valence-corrected chi connectivity index (χ0v) is 15.4. The van der Waals surface area contributed by atoms with Gasteiger partial charge in [-0.15, -0.1) is 0 Å². The maximum absolute atomic E-state index is 3.64. The average molecular weight is 340 g/mol. The molecule has 2 aromatic rings. The van der Waals surface area contributed by atoms with Crippen molar-refractivity contribution in [1.82, 2.24) is 10.2 Å². The van der Waals surface area contributed by atoms with E-state index in [-0.39, 0.29) is 7.92 Å². The molecule has 3 heteroatoms. The number of likely N-dealkylation sites (tertiary alicyclic amines) is 1. The Balaban J connectivity index is 1.46. The highest BCUT2D eigenvalue weighted by atomic mass is 31.1. The van der Waals surface area contributed by atoms with Crippen molar-refractivity contribution in [2.24, 2.45) is 0 Å². The van der Waals surface area contributed by atoms with Crippen molar-refractivity contribution >= 4 is 18.5 Å². The molecule has 0 saturated carbocycles. The topological polar surface area (TPSA) is 15.3 Å². The van der Waals surface area contributed by atoms with Gasteiger partial charge in [-0.1, -0.05) is 60.7 Å². The Morgan fingerprint density at radius 2 is 1.38 bits per heavy atom. The summed E-state index contributed by atoms with van der Waals surface area (Å²) in [5.74, 6) is 0. The molecule has 3 rings (SSSR count). The van der Waals surface area contributed by atoms with Crippen LogP contribution in [0.3, 0.4) is 0 Å². The molecule has 2 nitrogen and oxygen atoms in total. The van der Waals surface area contributed by atoms with Gasteiger partial charge in [-0.05, 0) is 63.6 Å². The molecule has 0 atom stereocenters. The molecule has 0 amide bonds. The molecule has 1 N–H and O–H groups in total. The van der Waals surface area contributed by atoms with Crippen LogP contribution in [0.2, 0.25) is 0 Å². The van der Waals surface area contributed by atoms with Crippen molar-refractivity contribution in [3.63, 3.8) is 0 Å². The SMILES string of the molecule is c1ccc(P(CCCNCCN2CCCC2)c2ccccc2)cc1. The third-order valence-electron chi connectivity index (χ3n) is 4.67. The first-order chi connectivity index (χ1) is 11.9. The van der Waals surface area contributed by atoms with Gasteiger partial charge in [0.15, 0.2) is 0 Å². The van der Waals surface area contributed by atoms with Crippen LogP contribution in [0.4, 0.5) is 0 Å². The van der Waals surface area contributed by atoms with E-state index < -0.39 is 0 Å². The standard InChI is InChI=1S/C21H29N2P/c1-3-10-20(11-4-1)24(21-12-5-2-6-13-21)19-9-14-22-15-18-23-16-7-8-17-23/h1-6,10-13,22H,7-9,14-19H2. The van der Waals surface area contributed by atoms with E-state index in [4.69, 9.17) is 0 Å². The molecule has 0 spiro atoms. The van der Waals surface area contributed by atoms with E-state index in [2.05, 4.69) is 70.9 Å². The minimum absolute atomic E-state index is 0.231. The Morgan fingerprint density at radius 1 is 0.792 bits per heavy atom. The Kier molecular flexibility index (Phi) is 7.29. The highest BCUT2D eigenvalue weighted by molar-refractivity contribution is 7.73. The first kappa shape index (κ1) is 17.6. The molecule has 1 fully saturated rings. The highest BCUT2D eigenvalue weighted by Gasteiger charge is 2.13. The highest BCUT2D eigenvalue weighted by Crippen LogP contribution is 2.33. The predicted octanol–water partition coefficient (Wildman–Crippen LogP) is 3.19. The van der Waals surface area contributed by atoms with Crippen molar-refractivity contribution in [3.05, 3.63) is 60.7 Å². The Hall–Kier alpha value is -1.21.